The van der Waals surface area contributed by atoms with Gasteiger partial charge in [0.25, 0.3) is 0 Å². The lowest BCUT2D eigenvalue weighted by Crippen LogP contribution is -2.25. The van der Waals surface area contributed by atoms with Crippen LogP contribution >= 0.6 is 0 Å². The number of rotatable bonds is 16. The number of anilines is 2. The standard InChI is InChI=1S/C27H40N4O6S/c1-6-7-8-21(11-12-38(5,35)36)30-25-23(18(3)29-27(28)31-25)16-20-14-19(9-10-24(20)37-4)15-22(32)13-17(2)26(33)34/h9-10,14,17,21H,6-8,11-13,15-16H2,1-5H3,(H,33,34)(H3,28,29,30,31)/t17-,21+/m1/s1. The first-order valence-electron chi connectivity index (χ1n) is 12.8. The summed E-state index contributed by atoms with van der Waals surface area (Å²) in [6.45, 7) is 5.43. The quantitative estimate of drug-likeness (QED) is 0.283. The van der Waals surface area contributed by atoms with E-state index in [1.165, 1.54) is 13.2 Å². The predicted octanol–water partition coefficient (Wildman–Crippen LogP) is 3.59. The average molecular weight is 549 g/mol. The van der Waals surface area contributed by atoms with Gasteiger partial charge in [-0.25, -0.2) is 13.4 Å². The molecule has 0 unspecified atom stereocenters. The van der Waals surface area contributed by atoms with Gasteiger partial charge in [-0.3, -0.25) is 9.59 Å². The zero-order valence-electron chi connectivity index (χ0n) is 22.9. The fraction of sp³-hybridized carbons (Fsp3) is 0.556. The maximum atomic E-state index is 12.5. The van der Waals surface area contributed by atoms with E-state index in [4.69, 9.17) is 15.6 Å². The van der Waals surface area contributed by atoms with Gasteiger partial charge in [0, 0.05) is 42.8 Å². The minimum Gasteiger partial charge on any atom is -0.496 e. The van der Waals surface area contributed by atoms with Crippen LogP contribution in [-0.4, -0.2) is 60.4 Å². The van der Waals surface area contributed by atoms with Gasteiger partial charge >= 0.3 is 5.97 Å². The molecule has 0 radical (unpaired) electrons. The third kappa shape index (κ3) is 9.92. The third-order valence-electron chi connectivity index (χ3n) is 6.38. The number of carbonyl (C=O) groups is 2. The second-order valence-corrected chi connectivity index (χ2v) is 12.1. The fourth-order valence-electron chi connectivity index (χ4n) is 4.24. The first kappa shape index (κ1) is 31.0. The van der Waals surface area contributed by atoms with Crippen LogP contribution in [0.4, 0.5) is 11.8 Å². The Bertz CT molecular complexity index is 1230. The number of hydrogen-bond acceptors (Lipinski definition) is 9. The highest BCUT2D eigenvalue weighted by atomic mass is 32.2. The van der Waals surface area contributed by atoms with Crippen LogP contribution in [0.5, 0.6) is 5.75 Å². The number of aliphatic carboxylic acids is 1. The number of nitrogens with one attached hydrogen (secondary N) is 1. The van der Waals surface area contributed by atoms with Gasteiger partial charge in [-0.1, -0.05) is 38.8 Å². The summed E-state index contributed by atoms with van der Waals surface area (Å²) in [4.78, 5) is 32.4. The molecule has 1 aromatic carbocycles. The van der Waals surface area contributed by atoms with Gasteiger partial charge in [0.1, 0.15) is 27.2 Å². The molecule has 2 rings (SSSR count). The number of ether oxygens (including phenoxy) is 1. The van der Waals surface area contributed by atoms with Crippen molar-refractivity contribution in [3.8, 4) is 5.75 Å². The zero-order valence-corrected chi connectivity index (χ0v) is 23.7. The van der Waals surface area contributed by atoms with Crippen molar-refractivity contribution in [3.05, 3.63) is 40.6 Å². The van der Waals surface area contributed by atoms with E-state index < -0.39 is 21.7 Å². The number of methoxy groups -OCH3 is 1. The number of nitrogen functional groups attached to an aromatic ring is 1. The number of nitrogens with zero attached hydrogens (tertiary/aromatic N) is 2. The second kappa shape index (κ2) is 14.1. The van der Waals surface area contributed by atoms with Crippen LogP contribution in [0.25, 0.3) is 0 Å². The lowest BCUT2D eigenvalue weighted by Gasteiger charge is -2.22. The average Bonchev–Trinajstić information content (AvgIpc) is 2.82. The van der Waals surface area contributed by atoms with Gasteiger partial charge < -0.3 is 20.9 Å². The van der Waals surface area contributed by atoms with Crippen LogP contribution in [0.2, 0.25) is 0 Å². The summed E-state index contributed by atoms with van der Waals surface area (Å²) >= 11 is 0. The Balaban J connectivity index is 2.37. The fourth-order valence-corrected chi connectivity index (χ4v) is 4.95. The largest absolute Gasteiger partial charge is 0.496 e. The number of aryl methyl sites for hydroxylation is 1. The van der Waals surface area contributed by atoms with Crippen molar-refractivity contribution in [1.82, 2.24) is 9.97 Å². The van der Waals surface area contributed by atoms with E-state index in [1.807, 2.05) is 13.0 Å². The highest BCUT2D eigenvalue weighted by Crippen LogP contribution is 2.29. The third-order valence-corrected chi connectivity index (χ3v) is 7.36. The normalized spacial score (nSPS) is 13.1. The smallest absolute Gasteiger partial charge is 0.306 e. The van der Waals surface area contributed by atoms with Crippen LogP contribution in [0, 0.1) is 12.8 Å². The van der Waals surface area contributed by atoms with Crippen molar-refractivity contribution in [2.75, 3.05) is 30.2 Å². The van der Waals surface area contributed by atoms with Crippen LogP contribution in [0.1, 0.15) is 68.3 Å². The lowest BCUT2D eigenvalue weighted by atomic mass is 9.96. The molecule has 0 aliphatic rings. The summed E-state index contributed by atoms with van der Waals surface area (Å²) in [5.74, 6) is -0.549. The molecule has 11 heteroatoms. The highest BCUT2D eigenvalue weighted by Gasteiger charge is 2.20. The molecule has 0 spiro atoms. The van der Waals surface area contributed by atoms with Crippen LogP contribution < -0.4 is 15.8 Å². The highest BCUT2D eigenvalue weighted by molar-refractivity contribution is 7.90. The van der Waals surface area contributed by atoms with Crippen LogP contribution in [0.3, 0.4) is 0 Å². The molecule has 1 aromatic heterocycles. The molecule has 0 amide bonds. The van der Waals surface area contributed by atoms with E-state index >= 15 is 0 Å². The molecule has 0 fully saturated rings. The Hall–Kier alpha value is -3.21. The Morgan fingerprint density at radius 1 is 1.21 bits per heavy atom. The molecule has 0 aliphatic carbocycles. The van der Waals surface area contributed by atoms with Gasteiger partial charge in [0.2, 0.25) is 5.95 Å². The zero-order chi connectivity index (χ0) is 28.5. The van der Waals surface area contributed by atoms with E-state index in [0.717, 1.165) is 36.0 Å². The molecule has 2 atom stereocenters. The molecule has 2 aromatic rings. The maximum Gasteiger partial charge on any atom is 0.306 e. The number of carboxylic acids is 1. The number of carbonyl (C=O) groups excluding carboxylic acids is 1. The van der Waals surface area contributed by atoms with Gasteiger partial charge in [-0.05, 0) is 37.0 Å². The number of benzene rings is 1. The van der Waals surface area contributed by atoms with E-state index in [9.17, 15) is 18.0 Å². The van der Waals surface area contributed by atoms with E-state index in [1.54, 1.807) is 19.2 Å². The summed E-state index contributed by atoms with van der Waals surface area (Å²) in [5, 5.41) is 12.5. The predicted molar refractivity (Wildman–Crippen MR) is 148 cm³/mol. The molecule has 0 bridgehead atoms. The summed E-state index contributed by atoms with van der Waals surface area (Å²) in [6, 6.07) is 5.34. The van der Waals surface area contributed by atoms with Crippen LogP contribution in [0.15, 0.2) is 18.2 Å². The minimum atomic E-state index is -3.12. The van der Waals surface area contributed by atoms with Crippen molar-refractivity contribution in [2.45, 2.75) is 71.8 Å². The first-order chi connectivity index (χ1) is 17.8. The lowest BCUT2D eigenvalue weighted by molar-refractivity contribution is -0.143. The van der Waals surface area contributed by atoms with E-state index in [0.29, 0.717) is 30.1 Å². The van der Waals surface area contributed by atoms with E-state index in [-0.39, 0.29) is 36.4 Å². The van der Waals surface area contributed by atoms with Gasteiger partial charge in [0.05, 0.1) is 18.8 Å². The van der Waals surface area contributed by atoms with Crippen molar-refractivity contribution in [2.24, 2.45) is 5.92 Å². The molecule has 10 nitrogen and oxygen atoms in total. The Morgan fingerprint density at radius 3 is 2.53 bits per heavy atom. The summed E-state index contributed by atoms with van der Waals surface area (Å²) in [5.41, 5.74) is 9.01. The molecule has 0 aliphatic heterocycles. The number of hydrogen-bond donors (Lipinski definition) is 3. The number of nitrogens with two attached hydrogens (primary N) is 1. The van der Waals surface area contributed by atoms with Crippen molar-refractivity contribution >= 4 is 33.4 Å². The topological polar surface area (TPSA) is 162 Å². The molecule has 0 saturated carbocycles. The minimum absolute atomic E-state index is 0.0394. The second-order valence-electron chi connectivity index (χ2n) is 9.88. The van der Waals surface area contributed by atoms with E-state index in [2.05, 4.69) is 22.2 Å². The van der Waals surface area contributed by atoms with Gasteiger partial charge in [-0.15, -0.1) is 0 Å². The molecule has 4 N–H and O–H groups in total. The number of sulfone groups is 1. The van der Waals surface area contributed by atoms with Crippen molar-refractivity contribution in [3.63, 3.8) is 0 Å². The van der Waals surface area contributed by atoms with Gasteiger partial charge in [-0.2, -0.15) is 4.98 Å². The Kier molecular flexibility index (Phi) is 11.5. The summed E-state index contributed by atoms with van der Waals surface area (Å²) < 4.78 is 29.2. The number of unbranched alkanes of at least 4 members (excludes halogenated alkanes) is 1. The molecule has 1 heterocycles. The molecule has 210 valence electrons. The Labute approximate surface area is 225 Å². The summed E-state index contributed by atoms with van der Waals surface area (Å²) in [6.07, 6.45) is 4.82. The number of ketones is 1. The molecular weight excluding hydrogens is 508 g/mol. The number of Topliss-reactive ketones (excluding diaryl/α,β-unsaturated/α-hetero) is 1. The number of aromatic nitrogens is 2. The maximum absolute atomic E-state index is 12.5. The van der Waals surface area contributed by atoms with Gasteiger partial charge in [0.15, 0.2) is 0 Å². The monoisotopic (exact) mass is 548 g/mol. The Morgan fingerprint density at radius 2 is 1.92 bits per heavy atom. The molecule has 0 saturated heterocycles. The summed E-state index contributed by atoms with van der Waals surface area (Å²) in [7, 11) is -1.56. The molecule has 38 heavy (non-hydrogen) atoms. The number of carboxylic acid groups (broad SMARTS) is 1. The van der Waals surface area contributed by atoms with Crippen LogP contribution in [-0.2, 0) is 32.3 Å². The molecular formula is C27H40N4O6S. The van der Waals surface area contributed by atoms with Crippen molar-refractivity contribution in [1.29, 1.82) is 0 Å². The first-order valence-corrected chi connectivity index (χ1v) is 14.9. The SMILES string of the molecule is CCCC[C@@H](CCS(C)(=O)=O)Nc1nc(N)nc(C)c1Cc1cc(CC(=O)C[C@@H](C)C(=O)O)ccc1OC. The van der Waals surface area contributed by atoms with Crippen molar-refractivity contribution < 1.29 is 27.9 Å².